The molecule has 29 heavy (non-hydrogen) atoms. The molecular weight excluding hydrogens is 394 g/mol. The fraction of sp³-hybridized carbons (Fsp3) is 0.600. The summed E-state index contributed by atoms with van der Waals surface area (Å²) in [7, 11) is -3.64. The second kappa shape index (κ2) is 9.23. The second-order valence-corrected chi connectivity index (χ2v) is 9.34. The molecule has 0 N–H and O–H groups in total. The Morgan fingerprint density at radius 2 is 1.69 bits per heavy atom. The third-order valence-corrected chi connectivity index (χ3v) is 7.40. The average molecular weight is 424 g/mol. The lowest BCUT2D eigenvalue weighted by atomic mass is 10.1. The van der Waals surface area contributed by atoms with Crippen molar-refractivity contribution in [2.75, 3.05) is 45.9 Å². The maximum atomic E-state index is 12.9. The topological polar surface area (TPSA) is 87.2 Å². The molecule has 0 saturated carbocycles. The lowest BCUT2D eigenvalue weighted by Crippen LogP contribution is -2.49. The van der Waals surface area contributed by atoms with Crippen molar-refractivity contribution >= 4 is 21.8 Å². The number of benzene rings is 1. The quantitative estimate of drug-likeness (QED) is 0.710. The van der Waals surface area contributed by atoms with Gasteiger partial charge >= 0.3 is 0 Å². The summed E-state index contributed by atoms with van der Waals surface area (Å²) in [5, 5.41) is 0. The number of piperidine rings is 1. The Kier molecular flexibility index (Phi) is 6.92. The van der Waals surface area contributed by atoms with Crippen LogP contribution in [0.4, 0.5) is 0 Å². The summed E-state index contributed by atoms with van der Waals surface area (Å²) in [5.74, 6) is -0.150. The molecule has 2 amide bonds. The van der Waals surface area contributed by atoms with Gasteiger partial charge in [0.15, 0.2) is 0 Å². The van der Waals surface area contributed by atoms with Crippen molar-refractivity contribution < 1.29 is 22.7 Å². The zero-order valence-corrected chi connectivity index (χ0v) is 17.9. The highest BCUT2D eigenvalue weighted by Gasteiger charge is 2.30. The molecule has 8 nitrogen and oxygen atoms in total. The number of hydrogen-bond donors (Lipinski definition) is 0. The average Bonchev–Trinajstić information content (AvgIpc) is 2.74. The van der Waals surface area contributed by atoms with Crippen molar-refractivity contribution in [1.29, 1.82) is 0 Å². The molecule has 1 unspecified atom stereocenters. The van der Waals surface area contributed by atoms with Gasteiger partial charge in [0.25, 0.3) is 5.91 Å². The molecule has 1 atom stereocenters. The molecule has 0 aliphatic carbocycles. The molecule has 1 aromatic rings. The van der Waals surface area contributed by atoms with Crippen LogP contribution in [0.1, 0.15) is 37.0 Å². The first kappa shape index (κ1) is 21.7. The van der Waals surface area contributed by atoms with Crippen LogP contribution in [0.15, 0.2) is 29.2 Å². The van der Waals surface area contributed by atoms with Crippen molar-refractivity contribution in [2.24, 2.45) is 0 Å². The van der Waals surface area contributed by atoms with E-state index in [-0.39, 0.29) is 35.9 Å². The highest BCUT2D eigenvalue weighted by Crippen LogP contribution is 2.20. The fourth-order valence-corrected chi connectivity index (χ4v) is 5.26. The van der Waals surface area contributed by atoms with Gasteiger partial charge in [-0.15, -0.1) is 0 Å². The van der Waals surface area contributed by atoms with Crippen molar-refractivity contribution in [2.45, 2.75) is 37.7 Å². The van der Waals surface area contributed by atoms with Gasteiger partial charge in [-0.2, -0.15) is 4.31 Å². The summed E-state index contributed by atoms with van der Waals surface area (Å²) in [6.07, 6.45) is 1.91. The Balaban J connectivity index is 1.66. The van der Waals surface area contributed by atoms with E-state index in [4.69, 9.17) is 4.74 Å². The van der Waals surface area contributed by atoms with Crippen molar-refractivity contribution in [3.05, 3.63) is 29.8 Å². The first-order valence-electron chi connectivity index (χ1n) is 10.1. The van der Waals surface area contributed by atoms with Crippen LogP contribution in [0.5, 0.6) is 0 Å². The van der Waals surface area contributed by atoms with E-state index in [9.17, 15) is 18.0 Å². The maximum Gasteiger partial charge on any atom is 0.253 e. The minimum atomic E-state index is -3.64. The lowest BCUT2D eigenvalue weighted by molar-refractivity contribution is -0.129. The minimum Gasteiger partial charge on any atom is -0.377 e. The molecule has 2 fully saturated rings. The van der Waals surface area contributed by atoms with E-state index in [0.29, 0.717) is 38.3 Å². The molecule has 0 radical (unpaired) electrons. The van der Waals surface area contributed by atoms with E-state index in [0.717, 1.165) is 12.8 Å². The van der Waals surface area contributed by atoms with Crippen molar-refractivity contribution in [3.8, 4) is 0 Å². The van der Waals surface area contributed by atoms with E-state index in [1.807, 2.05) is 6.92 Å². The zero-order valence-electron chi connectivity index (χ0n) is 17.0. The van der Waals surface area contributed by atoms with Crippen LogP contribution in [0.2, 0.25) is 0 Å². The lowest BCUT2D eigenvalue weighted by Gasteiger charge is -2.33. The van der Waals surface area contributed by atoms with E-state index < -0.39 is 10.0 Å². The summed E-state index contributed by atoms with van der Waals surface area (Å²) in [6, 6.07) is 6.13. The number of hydrogen-bond acceptors (Lipinski definition) is 5. The Hall–Kier alpha value is -1.97. The first-order valence-corrected chi connectivity index (χ1v) is 11.5. The van der Waals surface area contributed by atoms with Crippen LogP contribution in [-0.4, -0.2) is 86.3 Å². The molecule has 0 bridgehead atoms. The third-order valence-electron chi connectivity index (χ3n) is 5.49. The standard InChI is InChI=1S/C20H29N3O5S/c1-3-28-18-5-4-10-22(15-18)20(25)17-6-8-19(9-7-17)29(26,27)23-13-11-21(12-14-23)16(2)24/h6-9,18H,3-5,10-15H2,1-2H3. The second-order valence-electron chi connectivity index (χ2n) is 7.41. The van der Waals surface area contributed by atoms with Crippen LogP contribution in [-0.2, 0) is 19.6 Å². The Labute approximate surface area is 172 Å². The molecule has 2 aliphatic heterocycles. The normalized spacial score (nSPS) is 21.2. The van der Waals surface area contributed by atoms with Gasteiger partial charge in [-0.05, 0) is 44.0 Å². The minimum absolute atomic E-state index is 0.0470. The molecular formula is C20H29N3O5S. The summed E-state index contributed by atoms with van der Waals surface area (Å²) >= 11 is 0. The van der Waals surface area contributed by atoms with Crippen LogP contribution in [0, 0.1) is 0 Å². The number of amides is 2. The predicted molar refractivity (Wildman–Crippen MR) is 108 cm³/mol. The molecule has 1 aromatic carbocycles. The fourth-order valence-electron chi connectivity index (χ4n) is 3.84. The van der Waals surface area contributed by atoms with Gasteiger partial charge in [-0.1, -0.05) is 0 Å². The monoisotopic (exact) mass is 423 g/mol. The number of piperazine rings is 1. The van der Waals surface area contributed by atoms with E-state index >= 15 is 0 Å². The Bertz CT molecular complexity index is 830. The van der Waals surface area contributed by atoms with Crippen LogP contribution >= 0.6 is 0 Å². The van der Waals surface area contributed by atoms with Crippen LogP contribution < -0.4 is 0 Å². The molecule has 2 heterocycles. The van der Waals surface area contributed by atoms with Gasteiger partial charge < -0.3 is 14.5 Å². The number of ether oxygens (including phenoxy) is 1. The SMILES string of the molecule is CCOC1CCCN(C(=O)c2ccc(S(=O)(=O)N3CCN(C(C)=O)CC3)cc2)C1. The van der Waals surface area contributed by atoms with Gasteiger partial charge in [0, 0.05) is 58.4 Å². The Morgan fingerprint density at radius 3 is 2.28 bits per heavy atom. The molecule has 2 saturated heterocycles. The smallest absolute Gasteiger partial charge is 0.253 e. The number of carbonyl (C=O) groups excluding carboxylic acids is 2. The number of rotatable bonds is 5. The van der Waals surface area contributed by atoms with Crippen LogP contribution in [0.3, 0.4) is 0 Å². The molecule has 160 valence electrons. The first-order chi connectivity index (χ1) is 13.8. The highest BCUT2D eigenvalue weighted by atomic mass is 32.2. The molecule has 3 rings (SSSR count). The molecule has 0 spiro atoms. The number of carbonyl (C=O) groups is 2. The Morgan fingerprint density at radius 1 is 1.03 bits per heavy atom. The van der Waals surface area contributed by atoms with Gasteiger partial charge in [-0.3, -0.25) is 9.59 Å². The summed E-state index contributed by atoms with van der Waals surface area (Å²) in [5.41, 5.74) is 0.475. The largest absolute Gasteiger partial charge is 0.377 e. The van der Waals surface area contributed by atoms with Crippen LogP contribution in [0.25, 0.3) is 0 Å². The number of nitrogens with zero attached hydrogens (tertiary/aromatic N) is 3. The summed E-state index contributed by atoms with van der Waals surface area (Å²) in [6.45, 7) is 6.63. The van der Waals surface area contributed by atoms with Gasteiger partial charge in [0.1, 0.15) is 0 Å². The highest BCUT2D eigenvalue weighted by molar-refractivity contribution is 7.89. The summed E-state index contributed by atoms with van der Waals surface area (Å²) in [4.78, 5) is 27.8. The zero-order chi connectivity index (χ0) is 21.0. The molecule has 2 aliphatic rings. The van der Waals surface area contributed by atoms with E-state index in [1.165, 1.54) is 23.4 Å². The third kappa shape index (κ3) is 4.96. The van der Waals surface area contributed by atoms with Gasteiger partial charge in [0.2, 0.25) is 15.9 Å². The van der Waals surface area contributed by atoms with Crippen molar-refractivity contribution in [3.63, 3.8) is 0 Å². The van der Waals surface area contributed by atoms with E-state index in [1.54, 1.807) is 21.9 Å². The maximum absolute atomic E-state index is 12.9. The van der Waals surface area contributed by atoms with Gasteiger partial charge in [0.05, 0.1) is 11.0 Å². The summed E-state index contributed by atoms with van der Waals surface area (Å²) < 4.78 is 32.8. The van der Waals surface area contributed by atoms with E-state index in [2.05, 4.69) is 0 Å². The molecule has 9 heteroatoms. The van der Waals surface area contributed by atoms with Crippen molar-refractivity contribution in [1.82, 2.24) is 14.1 Å². The number of sulfonamides is 1. The molecule has 0 aromatic heterocycles. The predicted octanol–water partition coefficient (Wildman–Crippen LogP) is 1.18. The van der Waals surface area contributed by atoms with Gasteiger partial charge in [-0.25, -0.2) is 8.42 Å². The number of likely N-dealkylation sites (tertiary alicyclic amines) is 1.